The molecular weight excluding hydrogens is 372 g/mol. The van der Waals surface area contributed by atoms with Gasteiger partial charge >= 0.3 is 0 Å². The number of fused-ring (bicyclic) bond motifs is 1. The number of nitrogens with zero attached hydrogens (tertiary/aromatic N) is 3. The van der Waals surface area contributed by atoms with Crippen LogP contribution in [-0.2, 0) is 19.4 Å². The van der Waals surface area contributed by atoms with Crippen LogP contribution in [0.5, 0.6) is 0 Å². The molecule has 2 heterocycles. The van der Waals surface area contributed by atoms with Gasteiger partial charge in [-0.2, -0.15) is 0 Å². The quantitative estimate of drug-likeness (QED) is 0.719. The summed E-state index contributed by atoms with van der Waals surface area (Å²) in [4.78, 5) is 23.3. The van der Waals surface area contributed by atoms with Crippen LogP contribution in [0.4, 0.5) is 5.95 Å². The maximum Gasteiger partial charge on any atom is 0.254 e. The average Bonchev–Trinajstić information content (AvgIpc) is 2.75. The summed E-state index contributed by atoms with van der Waals surface area (Å²) in [6.45, 7) is 2.22. The first-order valence-electron chi connectivity index (χ1n) is 9.35. The van der Waals surface area contributed by atoms with E-state index in [2.05, 4.69) is 44.5 Å². The highest BCUT2D eigenvalue weighted by Crippen LogP contribution is 2.21. The lowest BCUT2D eigenvalue weighted by Crippen LogP contribution is -2.32. The van der Waals surface area contributed by atoms with Crippen molar-refractivity contribution in [2.75, 3.05) is 18.0 Å². The Morgan fingerprint density at radius 1 is 1.04 bits per heavy atom. The summed E-state index contributed by atoms with van der Waals surface area (Å²) in [5, 5.41) is 3.62. The van der Waals surface area contributed by atoms with Crippen LogP contribution in [0.1, 0.15) is 27.0 Å². The summed E-state index contributed by atoms with van der Waals surface area (Å²) >= 11 is 5.88. The smallest absolute Gasteiger partial charge is 0.254 e. The molecule has 0 fully saturated rings. The standard InChI is InChI=1S/C22H21ClN4O/c23-20-7-5-16(6-8-20)9-11-24-21(28)19-13-25-22(26-14-19)27-12-10-17-3-1-2-4-18(17)15-27/h1-8,13-14H,9-12,15H2,(H,24,28). The molecule has 1 aliphatic heterocycles. The van der Waals surface area contributed by atoms with Gasteiger partial charge in [-0.05, 0) is 41.7 Å². The number of hydrogen-bond acceptors (Lipinski definition) is 4. The average molecular weight is 393 g/mol. The Kier molecular flexibility index (Phi) is 5.53. The highest BCUT2D eigenvalue weighted by molar-refractivity contribution is 6.30. The molecule has 0 spiro atoms. The molecular formula is C22H21ClN4O. The van der Waals surface area contributed by atoms with Crippen molar-refractivity contribution in [2.24, 2.45) is 0 Å². The topological polar surface area (TPSA) is 58.1 Å². The maximum atomic E-state index is 12.3. The van der Waals surface area contributed by atoms with Crippen molar-refractivity contribution in [3.63, 3.8) is 0 Å². The van der Waals surface area contributed by atoms with Crippen molar-refractivity contribution in [3.05, 3.63) is 88.2 Å². The molecule has 1 N–H and O–H groups in total. The number of hydrogen-bond donors (Lipinski definition) is 1. The van der Waals surface area contributed by atoms with Gasteiger partial charge < -0.3 is 10.2 Å². The molecule has 0 atom stereocenters. The highest BCUT2D eigenvalue weighted by atomic mass is 35.5. The molecule has 1 aromatic heterocycles. The third-order valence-corrected chi connectivity index (χ3v) is 5.18. The zero-order valence-electron chi connectivity index (χ0n) is 15.4. The van der Waals surface area contributed by atoms with Crippen molar-refractivity contribution in [3.8, 4) is 0 Å². The fourth-order valence-corrected chi connectivity index (χ4v) is 3.47. The molecule has 0 unspecified atom stereocenters. The highest BCUT2D eigenvalue weighted by Gasteiger charge is 2.18. The number of rotatable bonds is 5. The van der Waals surface area contributed by atoms with Crippen LogP contribution in [0.3, 0.4) is 0 Å². The zero-order chi connectivity index (χ0) is 19.3. The SMILES string of the molecule is O=C(NCCc1ccc(Cl)cc1)c1cnc(N2CCc3ccccc3C2)nc1. The second-order valence-corrected chi connectivity index (χ2v) is 7.28. The third-order valence-electron chi connectivity index (χ3n) is 4.93. The Morgan fingerprint density at radius 3 is 2.50 bits per heavy atom. The minimum Gasteiger partial charge on any atom is -0.352 e. The Labute approximate surface area is 169 Å². The third kappa shape index (κ3) is 4.31. The van der Waals surface area contributed by atoms with Gasteiger partial charge in [0, 0.05) is 37.1 Å². The van der Waals surface area contributed by atoms with Gasteiger partial charge in [-0.15, -0.1) is 0 Å². The maximum absolute atomic E-state index is 12.3. The minimum absolute atomic E-state index is 0.162. The normalized spacial score (nSPS) is 13.1. The number of aromatic nitrogens is 2. The van der Waals surface area contributed by atoms with E-state index in [0.29, 0.717) is 23.1 Å². The zero-order valence-corrected chi connectivity index (χ0v) is 16.2. The molecule has 0 saturated heterocycles. The molecule has 5 nitrogen and oxygen atoms in total. The molecule has 2 aromatic carbocycles. The summed E-state index contributed by atoms with van der Waals surface area (Å²) in [7, 11) is 0. The number of anilines is 1. The van der Waals surface area contributed by atoms with Gasteiger partial charge in [0.25, 0.3) is 5.91 Å². The van der Waals surface area contributed by atoms with E-state index in [1.807, 2.05) is 24.3 Å². The summed E-state index contributed by atoms with van der Waals surface area (Å²) < 4.78 is 0. The predicted octanol–water partition coefficient (Wildman–Crippen LogP) is 3.67. The molecule has 1 aliphatic rings. The van der Waals surface area contributed by atoms with Crippen LogP contribution < -0.4 is 10.2 Å². The lowest BCUT2D eigenvalue weighted by molar-refractivity contribution is 0.0953. The van der Waals surface area contributed by atoms with Gasteiger partial charge in [-0.25, -0.2) is 9.97 Å². The number of carbonyl (C=O) groups is 1. The number of nitrogens with one attached hydrogen (secondary N) is 1. The Morgan fingerprint density at radius 2 is 1.75 bits per heavy atom. The van der Waals surface area contributed by atoms with Crippen LogP contribution in [0.2, 0.25) is 5.02 Å². The van der Waals surface area contributed by atoms with E-state index in [0.717, 1.165) is 31.5 Å². The van der Waals surface area contributed by atoms with E-state index in [-0.39, 0.29) is 5.91 Å². The van der Waals surface area contributed by atoms with Gasteiger partial charge in [-0.3, -0.25) is 4.79 Å². The molecule has 1 amide bonds. The van der Waals surface area contributed by atoms with Crippen LogP contribution in [-0.4, -0.2) is 29.0 Å². The summed E-state index contributed by atoms with van der Waals surface area (Å²) in [5.41, 5.74) is 4.29. The van der Waals surface area contributed by atoms with Gasteiger partial charge in [0.2, 0.25) is 5.95 Å². The first-order valence-corrected chi connectivity index (χ1v) is 9.73. The minimum atomic E-state index is -0.162. The molecule has 0 saturated carbocycles. The summed E-state index contributed by atoms with van der Waals surface area (Å²) in [5.74, 6) is 0.497. The van der Waals surface area contributed by atoms with E-state index in [1.54, 1.807) is 12.4 Å². The number of benzene rings is 2. The first-order chi connectivity index (χ1) is 13.7. The fourth-order valence-electron chi connectivity index (χ4n) is 3.34. The van der Waals surface area contributed by atoms with Crippen molar-refractivity contribution in [2.45, 2.75) is 19.4 Å². The predicted molar refractivity (Wildman–Crippen MR) is 111 cm³/mol. The van der Waals surface area contributed by atoms with Gasteiger partial charge in [0.05, 0.1) is 5.56 Å². The van der Waals surface area contributed by atoms with E-state index < -0.39 is 0 Å². The van der Waals surface area contributed by atoms with Gasteiger partial charge in [0.1, 0.15) is 0 Å². The number of amides is 1. The van der Waals surface area contributed by atoms with Crippen LogP contribution >= 0.6 is 11.6 Å². The van der Waals surface area contributed by atoms with E-state index in [4.69, 9.17) is 11.6 Å². The molecule has 28 heavy (non-hydrogen) atoms. The van der Waals surface area contributed by atoms with Crippen molar-refractivity contribution in [1.29, 1.82) is 0 Å². The lowest BCUT2D eigenvalue weighted by Gasteiger charge is -2.28. The van der Waals surface area contributed by atoms with Crippen LogP contribution in [0, 0.1) is 0 Å². The molecule has 3 aromatic rings. The Balaban J connectivity index is 1.33. The van der Waals surface area contributed by atoms with Crippen molar-refractivity contribution < 1.29 is 4.79 Å². The van der Waals surface area contributed by atoms with Crippen molar-refractivity contribution >= 4 is 23.5 Å². The number of carbonyl (C=O) groups excluding carboxylic acids is 1. The van der Waals surface area contributed by atoms with E-state index >= 15 is 0 Å². The fraction of sp³-hybridized carbons (Fsp3) is 0.227. The first kappa shape index (κ1) is 18.4. The number of halogens is 1. The Hall–Kier alpha value is -2.92. The lowest BCUT2D eigenvalue weighted by atomic mass is 10.0. The summed E-state index contributed by atoms with van der Waals surface area (Å²) in [6, 6.07) is 16.1. The second-order valence-electron chi connectivity index (χ2n) is 6.84. The van der Waals surface area contributed by atoms with Crippen LogP contribution in [0.15, 0.2) is 60.9 Å². The molecule has 4 rings (SSSR count). The summed E-state index contributed by atoms with van der Waals surface area (Å²) in [6.07, 6.45) is 4.92. The largest absolute Gasteiger partial charge is 0.352 e. The Bertz CT molecular complexity index is 957. The monoisotopic (exact) mass is 392 g/mol. The van der Waals surface area contributed by atoms with E-state index in [1.165, 1.54) is 11.1 Å². The molecule has 6 heteroatoms. The molecule has 0 bridgehead atoms. The van der Waals surface area contributed by atoms with Crippen LogP contribution in [0.25, 0.3) is 0 Å². The van der Waals surface area contributed by atoms with E-state index in [9.17, 15) is 4.79 Å². The molecule has 142 valence electrons. The second kappa shape index (κ2) is 8.40. The van der Waals surface area contributed by atoms with Gasteiger partial charge in [0.15, 0.2) is 0 Å². The van der Waals surface area contributed by atoms with Crippen molar-refractivity contribution in [1.82, 2.24) is 15.3 Å². The molecule has 0 aliphatic carbocycles. The molecule has 0 radical (unpaired) electrons. The van der Waals surface area contributed by atoms with Gasteiger partial charge in [-0.1, -0.05) is 48.0 Å².